The number of aryl methyl sites for hydroxylation is 1. The Morgan fingerprint density at radius 1 is 1.44 bits per heavy atom. The molecule has 0 aliphatic heterocycles. The van der Waals surface area contributed by atoms with Gasteiger partial charge in [-0.1, -0.05) is 23.2 Å². The van der Waals surface area contributed by atoms with Crippen LogP contribution in [0.4, 0.5) is 0 Å². The number of hydrogen-bond acceptors (Lipinski definition) is 5. The third-order valence-electron chi connectivity index (χ3n) is 1.72. The quantitative estimate of drug-likeness (QED) is 0.741. The van der Waals surface area contributed by atoms with Gasteiger partial charge in [0.2, 0.25) is 0 Å². The lowest BCUT2D eigenvalue weighted by atomic mass is 10.5. The van der Waals surface area contributed by atoms with Gasteiger partial charge in [-0.05, 0) is 20.8 Å². The molecule has 9 heteroatoms. The highest BCUT2D eigenvalue weighted by molar-refractivity contribution is 8.07. The molecule has 0 spiro atoms. The van der Waals surface area contributed by atoms with Crippen LogP contribution in [0.15, 0.2) is 0 Å². The van der Waals surface area contributed by atoms with E-state index in [0.717, 1.165) is 0 Å². The summed E-state index contributed by atoms with van der Waals surface area (Å²) in [6.45, 7) is 2.95. The van der Waals surface area contributed by atoms with Crippen molar-refractivity contribution in [2.75, 3.05) is 6.61 Å². The Morgan fingerprint density at radius 3 is 2.44 bits per heavy atom. The van der Waals surface area contributed by atoms with E-state index in [0.29, 0.717) is 6.61 Å². The average molecular weight is 333 g/mol. The van der Waals surface area contributed by atoms with Crippen molar-refractivity contribution in [3.8, 4) is 5.88 Å². The van der Waals surface area contributed by atoms with Gasteiger partial charge in [0.15, 0.2) is 0 Å². The van der Waals surface area contributed by atoms with Gasteiger partial charge in [-0.25, -0.2) is 0 Å². The highest BCUT2D eigenvalue weighted by atomic mass is 35.5. The Balaban J connectivity index is 2.96. The van der Waals surface area contributed by atoms with Gasteiger partial charge < -0.3 is 4.52 Å². The summed E-state index contributed by atoms with van der Waals surface area (Å²) in [5.74, 6) is 0.126. The first-order valence-corrected chi connectivity index (χ1v) is 8.60. The summed E-state index contributed by atoms with van der Waals surface area (Å²) in [6, 6.07) is 0. The first kappa shape index (κ1) is 16.2. The van der Waals surface area contributed by atoms with E-state index in [2.05, 4.69) is 5.10 Å². The SMILES string of the molecule is CCOP(=S)(Oc1nn(C)c(Cl)c1Cl)OC(C)C. The van der Waals surface area contributed by atoms with Crippen molar-refractivity contribution >= 4 is 41.7 Å². The zero-order valence-corrected chi connectivity index (χ0v) is 13.7. The van der Waals surface area contributed by atoms with E-state index in [-0.39, 0.29) is 22.2 Å². The Bertz CT molecular complexity index is 467. The van der Waals surface area contributed by atoms with E-state index in [1.807, 2.05) is 13.8 Å². The fraction of sp³-hybridized carbons (Fsp3) is 0.667. The smallest absolute Gasteiger partial charge is 0.382 e. The van der Waals surface area contributed by atoms with Crippen LogP contribution in [-0.4, -0.2) is 22.5 Å². The molecular formula is C9H15Cl2N2O3PS. The zero-order valence-electron chi connectivity index (χ0n) is 10.5. The second-order valence-corrected chi connectivity index (χ2v) is 7.27. The molecule has 0 saturated heterocycles. The van der Waals surface area contributed by atoms with Crippen LogP contribution in [0.1, 0.15) is 20.8 Å². The van der Waals surface area contributed by atoms with Gasteiger partial charge in [-0.2, -0.15) is 0 Å². The van der Waals surface area contributed by atoms with Gasteiger partial charge in [-0.15, -0.1) is 5.10 Å². The third-order valence-corrected chi connectivity index (χ3v) is 5.04. The second-order valence-electron chi connectivity index (χ2n) is 3.64. The summed E-state index contributed by atoms with van der Waals surface area (Å²) in [7, 11) is 1.65. The molecule has 5 nitrogen and oxygen atoms in total. The van der Waals surface area contributed by atoms with Gasteiger partial charge >= 0.3 is 6.72 Å². The molecule has 1 rings (SSSR count). The van der Waals surface area contributed by atoms with E-state index in [4.69, 9.17) is 48.6 Å². The van der Waals surface area contributed by atoms with Crippen LogP contribution in [0, 0.1) is 0 Å². The van der Waals surface area contributed by atoms with E-state index >= 15 is 0 Å². The van der Waals surface area contributed by atoms with Crippen molar-refractivity contribution in [3.05, 3.63) is 10.2 Å². The first-order chi connectivity index (χ1) is 8.29. The molecule has 0 aliphatic rings. The predicted molar refractivity (Wildman–Crippen MR) is 76.0 cm³/mol. The number of rotatable bonds is 6. The van der Waals surface area contributed by atoms with Crippen LogP contribution in [0.2, 0.25) is 10.2 Å². The standard InChI is InChI=1S/C9H15Cl2N2O3PS/c1-5-14-17(18,15-6(2)3)16-9-7(10)8(11)13(4)12-9/h6H,5H2,1-4H3. The van der Waals surface area contributed by atoms with E-state index in [9.17, 15) is 0 Å². The minimum atomic E-state index is -2.92. The van der Waals surface area contributed by atoms with E-state index in [1.54, 1.807) is 14.0 Å². The van der Waals surface area contributed by atoms with Crippen LogP contribution in [-0.2, 0) is 27.9 Å². The van der Waals surface area contributed by atoms with Gasteiger partial charge in [0.1, 0.15) is 10.2 Å². The molecule has 0 aliphatic carbocycles. The molecule has 104 valence electrons. The molecule has 1 aromatic rings. The first-order valence-electron chi connectivity index (χ1n) is 5.29. The van der Waals surface area contributed by atoms with Crippen molar-refractivity contribution in [1.82, 2.24) is 9.78 Å². The van der Waals surface area contributed by atoms with Gasteiger partial charge in [0.25, 0.3) is 5.88 Å². The molecular weight excluding hydrogens is 318 g/mol. The largest absolute Gasteiger partial charge is 0.402 e. The summed E-state index contributed by atoms with van der Waals surface area (Å²) in [5, 5.41) is 4.48. The molecule has 1 heterocycles. The highest BCUT2D eigenvalue weighted by Gasteiger charge is 2.27. The summed E-state index contributed by atoms with van der Waals surface area (Å²) in [4.78, 5) is 0. The Labute approximate surface area is 122 Å². The Morgan fingerprint density at radius 2 is 2.06 bits per heavy atom. The molecule has 1 unspecified atom stereocenters. The number of aromatic nitrogens is 2. The minimum absolute atomic E-state index is 0.125. The maximum Gasteiger partial charge on any atom is 0.382 e. The van der Waals surface area contributed by atoms with Crippen LogP contribution in [0.3, 0.4) is 0 Å². The number of halogens is 2. The Kier molecular flexibility index (Phi) is 5.90. The van der Waals surface area contributed by atoms with Crippen molar-refractivity contribution in [2.45, 2.75) is 26.9 Å². The number of nitrogens with zero attached hydrogens (tertiary/aromatic N) is 2. The average Bonchev–Trinajstić information content (AvgIpc) is 2.45. The molecule has 0 radical (unpaired) electrons. The van der Waals surface area contributed by atoms with Crippen LogP contribution in [0.25, 0.3) is 0 Å². The maximum atomic E-state index is 5.98. The maximum absolute atomic E-state index is 5.98. The fourth-order valence-electron chi connectivity index (χ4n) is 1.11. The topological polar surface area (TPSA) is 45.5 Å². The van der Waals surface area contributed by atoms with Crippen LogP contribution < -0.4 is 4.52 Å². The molecule has 1 aromatic heterocycles. The van der Waals surface area contributed by atoms with Crippen molar-refractivity contribution < 1.29 is 13.6 Å². The molecule has 0 saturated carbocycles. The lowest BCUT2D eigenvalue weighted by Gasteiger charge is -2.22. The fourth-order valence-corrected chi connectivity index (χ4v) is 3.86. The number of hydrogen-bond donors (Lipinski definition) is 0. The summed E-state index contributed by atoms with van der Waals surface area (Å²) in [5.41, 5.74) is 0. The summed E-state index contributed by atoms with van der Waals surface area (Å²) >= 11 is 17.1. The van der Waals surface area contributed by atoms with Gasteiger partial charge in [-0.3, -0.25) is 13.7 Å². The molecule has 1 atom stereocenters. The predicted octanol–water partition coefficient (Wildman–Crippen LogP) is 3.79. The van der Waals surface area contributed by atoms with Crippen molar-refractivity contribution in [2.24, 2.45) is 7.05 Å². The summed E-state index contributed by atoms with van der Waals surface area (Å²) in [6.07, 6.45) is -0.125. The normalized spacial score (nSPS) is 14.8. The van der Waals surface area contributed by atoms with Crippen LogP contribution >= 0.6 is 29.9 Å². The van der Waals surface area contributed by atoms with Crippen molar-refractivity contribution in [1.29, 1.82) is 0 Å². The van der Waals surface area contributed by atoms with Gasteiger partial charge in [0.05, 0.1) is 12.7 Å². The van der Waals surface area contributed by atoms with E-state index < -0.39 is 6.72 Å². The Hall–Kier alpha value is 0.160. The molecule has 0 bridgehead atoms. The lowest BCUT2D eigenvalue weighted by Crippen LogP contribution is -2.08. The zero-order chi connectivity index (χ0) is 13.9. The molecule has 0 N–H and O–H groups in total. The van der Waals surface area contributed by atoms with Crippen molar-refractivity contribution in [3.63, 3.8) is 0 Å². The minimum Gasteiger partial charge on any atom is -0.402 e. The second kappa shape index (κ2) is 6.55. The highest BCUT2D eigenvalue weighted by Crippen LogP contribution is 2.52. The summed E-state index contributed by atoms with van der Waals surface area (Å²) < 4.78 is 17.8. The van der Waals surface area contributed by atoms with Crippen LogP contribution in [0.5, 0.6) is 5.88 Å². The lowest BCUT2D eigenvalue weighted by molar-refractivity contribution is 0.170. The monoisotopic (exact) mass is 332 g/mol. The third kappa shape index (κ3) is 4.08. The molecule has 18 heavy (non-hydrogen) atoms. The van der Waals surface area contributed by atoms with E-state index in [1.165, 1.54) is 4.68 Å². The van der Waals surface area contributed by atoms with Gasteiger partial charge in [0, 0.05) is 18.9 Å². The molecule has 0 amide bonds. The molecule has 0 fully saturated rings. The molecule has 0 aromatic carbocycles.